The van der Waals surface area contributed by atoms with Gasteiger partial charge in [0, 0.05) is 0 Å². The molecule has 0 unspecified atom stereocenters. The zero-order valence-electron chi connectivity index (χ0n) is 3.74. The molecule has 0 saturated heterocycles. The van der Waals surface area contributed by atoms with Gasteiger partial charge in [-0.05, 0) is 6.42 Å². The fraction of sp³-hybridized carbons (Fsp3) is 1.00. The van der Waals surface area contributed by atoms with Crippen LogP contribution in [0.1, 0.15) is 13.3 Å². The van der Waals surface area contributed by atoms with Crippen molar-refractivity contribution in [2.45, 2.75) is 19.5 Å². The molecular formula is C3H10CuN2+2. The van der Waals surface area contributed by atoms with Gasteiger partial charge in [-0.3, -0.25) is 0 Å². The number of nitrogens with two attached hydrogens (primary N) is 2. The number of rotatable bonds is 1. The van der Waals surface area contributed by atoms with Crippen molar-refractivity contribution in [2.24, 2.45) is 11.5 Å². The Labute approximate surface area is 48.7 Å². The van der Waals surface area contributed by atoms with Gasteiger partial charge in [-0.25, -0.2) is 0 Å². The molecule has 0 saturated carbocycles. The summed E-state index contributed by atoms with van der Waals surface area (Å²) in [5, 5.41) is 0. The van der Waals surface area contributed by atoms with Gasteiger partial charge in [-0.15, -0.1) is 0 Å². The molecule has 4 N–H and O–H groups in total. The summed E-state index contributed by atoms with van der Waals surface area (Å²) >= 11 is 0. The molecule has 2 nitrogen and oxygen atoms in total. The topological polar surface area (TPSA) is 52.0 Å². The Kier molecular flexibility index (Phi) is 8.76. The fourth-order valence-electron chi connectivity index (χ4n) is 0. The maximum Gasteiger partial charge on any atom is 2.00 e. The molecule has 0 heterocycles. The molecule has 6 heavy (non-hydrogen) atoms. The molecule has 0 aromatic carbocycles. The summed E-state index contributed by atoms with van der Waals surface area (Å²) in [6.07, 6.45) is 0.745. The van der Waals surface area contributed by atoms with Crippen LogP contribution in [0.5, 0.6) is 0 Å². The standard InChI is InChI=1S/C3H10N2.Cu/c1-2-3(4)5;/h3H,2,4-5H2,1H3;/q;+2. The Bertz CT molecular complexity index is 22.8. The second-order valence-corrected chi connectivity index (χ2v) is 1.07. The average Bonchev–Trinajstić information content (AvgIpc) is 1.38. The maximum atomic E-state index is 5.07. The van der Waals surface area contributed by atoms with Gasteiger partial charge in [-0.1, -0.05) is 6.92 Å². The van der Waals surface area contributed by atoms with Crippen LogP contribution in [0.25, 0.3) is 0 Å². The Morgan fingerprint density at radius 1 is 1.50 bits per heavy atom. The maximum absolute atomic E-state index is 5.07. The second kappa shape index (κ2) is 5.44. The van der Waals surface area contributed by atoms with Crippen LogP contribution in [0, 0.1) is 0 Å². The molecule has 3 heteroatoms. The van der Waals surface area contributed by atoms with Crippen LogP contribution in [0.15, 0.2) is 0 Å². The zero-order valence-corrected chi connectivity index (χ0v) is 4.68. The van der Waals surface area contributed by atoms with Crippen molar-refractivity contribution in [3.05, 3.63) is 0 Å². The summed E-state index contributed by atoms with van der Waals surface area (Å²) in [6, 6.07) is 0. The van der Waals surface area contributed by atoms with Crippen molar-refractivity contribution in [3.63, 3.8) is 0 Å². The SMILES string of the molecule is CCC(N)N.[Cu+2]. The molecule has 0 amide bonds. The van der Waals surface area contributed by atoms with Gasteiger partial charge >= 0.3 is 17.1 Å². The molecule has 0 aliphatic heterocycles. The third-order valence-corrected chi connectivity index (χ3v) is 0.471. The van der Waals surface area contributed by atoms with Crippen molar-refractivity contribution in [2.75, 3.05) is 0 Å². The first kappa shape index (κ1) is 9.67. The molecule has 0 rings (SSSR count). The zero-order chi connectivity index (χ0) is 4.28. The molecule has 0 aromatic heterocycles. The Balaban J connectivity index is 0. The smallest absolute Gasteiger partial charge is 0.316 e. The van der Waals surface area contributed by atoms with Gasteiger partial charge in [0.15, 0.2) is 0 Å². The van der Waals surface area contributed by atoms with Gasteiger partial charge < -0.3 is 11.5 Å². The first-order valence-electron chi connectivity index (χ1n) is 1.78. The first-order valence-corrected chi connectivity index (χ1v) is 1.78. The van der Waals surface area contributed by atoms with Gasteiger partial charge in [0.2, 0.25) is 0 Å². The van der Waals surface area contributed by atoms with E-state index in [0.29, 0.717) is 0 Å². The predicted octanol–water partition coefficient (Wildman–Crippen LogP) is -0.363. The molecule has 0 aliphatic carbocycles. The normalized spacial score (nSPS) is 8.00. The molecule has 41 valence electrons. The van der Waals surface area contributed by atoms with Crippen molar-refractivity contribution in [1.82, 2.24) is 0 Å². The van der Waals surface area contributed by atoms with E-state index in [9.17, 15) is 0 Å². The summed E-state index contributed by atoms with van der Waals surface area (Å²) in [7, 11) is 0. The van der Waals surface area contributed by atoms with E-state index in [0.717, 1.165) is 6.42 Å². The van der Waals surface area contributed by atoms with Gasteiger partial charge in [-0.2, -0.15) is 0 Å². The van der Waals surface area contributed by atoms with Crippen LogP contribution in [0.2, 0.25) is 0 Å². The quantitative estimate of drug-likeness (QED) is 0.383. The molecule has 0 aliphatic rings. The van der Waals surface area contributed by atoms with Gasteiger partial charge in [0.1, 0.15) is 0 Å². The van der Waals surface area contributed by atoms with E-state index in [4.69, 9.17) is 11.5 Å². The third kappa shape index (κ3) is 8.83. The van der Waals surface area contributed by atoms with Crippen LogP contribution in [-0.2, 0) is 17.1 Å². The van der Waals surface area contributed by atoms with E-state index in [1.807, 2.05) is 6.92 Å². The van der Waals surface area contributed by atoms with Crippen LogP contribution < -0.4 is 11.5 Å². The van der Waals surface area contributed by atoms with Crippen molar-refractivity contribution in [1.29, 1.82) is 0 Å². The van der Waals surface area contributed by atoms with Crippen LogP contribution >= 0.6 is 0 Å². The minimum Gasteiger partial charge on any atom is -0.316 e. The molecular weight excluding hydrogens is 128 g/mol. The minimum absolute atomic E-state index is 0. The van der Waals surface area contributed by atoms with Crippen LogP contribution in [0.4, 0.5) is 0 Å². The van der Waals surface area contributed by atoms with Gasteiger partial charge in [0.05, 0.1) is 6.17 Å². The predicted molar refractivity (Wildman–Crippen MR) is 22.5 cm³/mol. The summed E-state index contributed by atoms with van der Waals surface area (Å²) in [5.41, 5.74) is 10.1. The van der Waals surface area contributed by atoms with E-state index in [-0.39, 0.29) is 23.2 Å². The Morgan fingerprint density at radius 2 is 1.67 bits per heavy atom. The summed E-state index contributed by atoms with van der Waals surface area (Å²) in [6.45, 7) is 1.95. The molecule has 1 radical (unpaired) electrons. The summed E-state index contributed by atoms with van der Waals surface area (Å²) < 4.78 is 0. The van der Waals surface area contributed by atoms with E-state index in [1.54, 1.807) is 0 Å². The average molecular weight is 138 g/mol. The molecule has 0 spiro atoms. The molecule has 0 bridgehead atoms. The van der Waals surface area contributed by atoms with Crippen molar-refractivity contribution < 1.29 is 17.1 Å². The van der Waals surface area contributed by atoms with E-state index < -0.39 is 0 Å². The van der Waals surface area contributed by atoms with E-state index >= 15 is 0 Å². The van der Waals surface area contributed by atoms with Crippen LogP contribution in [-0.4, -0.2) is 6.17 Å². The molecule has 0 fully saturated rings. The number of hydrogen-bond donors (Lipinski definition) is 2. The largest absolute Gasteiger partial charge is 2.00 e. The van der Waals surface area contributed by atoms with E-state index in [1.165, 1.54) is 0 Å². The minimum atomic E-state index is -0.116. The van der Waals surface area contributed by atoms with Crippen molar-refractivity contribution >= 4 is 0 Å². The monoisotopic (exact) mass is 137 g/mol. The number of hydrogen-bond acceptors (Lipinski definition) is 2. The second-order valence-electron chi connectivity index (χ2n) is 1.07. The first-order chi connectivity index (χ1) is 2.27. The Morgan fingerprint density at radius 3 is 1.67 bits per heavy atom. The third-order valence-electron chi connectivity index (χ3n) is 0.471. The van der Waals surface area contributed by atoms with Crippen molar-refractivity contribution in [3.8, 4) is 0 Å². The van der Waals surface area contributed by atoms with Crippen LogP contribution in [0.3, 0.4) is 0 Å². The molecule has 0 atom stereocenters. The summed E-state index contributed by atoms with van der Waals surface area (Å²) in [4.78, 5) is 0. The summed E-state index contributed by atoms with van der Waals surface area (Å²) in [5.74, 6) is 0. The van der Waals surface area contributed by atoms with Gasteiger partial charge in [0.25, 0.3) is 0 Å². The van der Waals surface area contributed by atoms with E-state index in [2.05, 4.69) is 0 Å². The fourth-order valence-corrected chi connectivity index (χ4v) is 0. The Hall–Kier alpha value is 0.439. The molecule has 0 aromatic rings.